The molecule has 1 N–H and O–H groups in total. The number of ether oxygens (including phenoxy) is 1. The van der Waals surface area contributed by atoms with Crippen molar-refractivity contribution in [1.29, 1.82) is 0 Å². The molecule has 2 aromatic carbocycles. The molecule has 0 saturated heterocycles. The Morgan fingerprint density at radius 1 is 1.10 bits per heavy atom. The van der Waals surface area contributed by atoms with Crippen LogP contribution in [0.2, 0.25) is 10.0 Å². The number of nitrogens with one attached hydrogen (secondary N) is 1. The summed E-state index contributed by atoms with van der Waals surface area (Å²) in [7, 11) is 0. The smallest absolute Gasteiger partial charge is 0.146 e. The van der Waals surface area contributed by atoms with Crippen molar-refractivity contribution in [1.82, 2.24) is 5.32 Å². The molecule has 2 nitrogen and oxygen atoms in total. The lowest BCUT2D eigenvalue weighted by Gasteiger charge is -2.14. The maximum absolute atomic E-state index is 6.24. The maximum Gasteiger partial charge on any atom is 0.146 e. The van der Waals surface area contributed by atoms with Gasteiger partial charge in [-0.3, -0.25) is 0 Å². The molecular formula is C15H14BrCl2NO. The first-order valence-electron chi connectivity index (χ1n) is 6.23. The van der Waals surface area contributed by atoms with Crippen LogP contribution in [-0.2, 0) is 6.54 Å². The van der Waals surface area contributed by atoms with E-state index in [-0.39, 0.29) is 0 Å². The van der Waals surface area contributed by atoms with E-state index in [2.05, 4.69) is 21.2 Å². The Kier molecular flexibility index (Phi) is 5.73. The zero-order chi connectivity index (χ0) is 14.5. The Bertz CT molecular complexity index is 604. The molecular weight excluding hydrogens is 361 g/mol. The van der Waals surface area contributed by atoms with Gasteiger partial charge in [-0.2, -0.15) is 0 Å². The number of halogens is 3. The number of hydrogen-bond acceptors (Lipinski definition) is 2. The molecule has 5 heteroatoms. The summed E-state index contributed by atoms with van der Waals surface area (Å²) in [5, 5.41) is 4.48. The van der Waals surface area contributed by atoms with E-state index in [1.807, 2.05) is 37.3 Å². The van der Waals surface area contributed by atoms with Crippen LogP contribution in [0.4, 0.5) is 0 Å². The highest BCUT2D eigenvalue weighted by atomic mass is 79.9. The van der Waals surface area contributed by atoms with Crippen LogP contribution in [-0.4, -0.2) is 6.54 Å². The van der Waals surface area contributed by atoms with E-state index < -0.39 is 0 Å². The Balaban J connectivity index is 2.30. The summed E-state index contributed by atoms with van der Waals surface area (Å²) >= 11 is 15.8. The van der Waals surface area contributed by atoms with E-state index in [0.717, 1.165) is 16.6 Å². The number of hydrogen-bond donors (Lipinski definition) is 1. The molecule has 0 aliphatic carbocycles. The molecule has 0 aliphatic heterocycles. The molecule has 2 aromatic rings. The Morgan fingerprint density at radius 2 is 1.90 bits per heavy atom. The van der Waals surface area contributed by atoms with Crippen molar-refractivity contribution in [3.05, 3.63) is 56.5 Å². The molecule has 0 atom stereocenters. The van der Waals surface area contributed by atoms with Crippen LogP contribution >= 0.6 is 39.1 Å². The lowest BCUT2D eigenvalue weighted by molar-refractivity contribution is 0.473. The fraction of sp³-hybridized carbons (Fsp3) is 0.200. The molecule has 20 heavy (non-hydrogen) atoms. The van der Waals surface area contributed by atoms with E-state index in [9.17, 15) is 0 Å². The van der Waals surface area contributed by atoms with Gasteiger partial charge in [0, 0.05) is 21.6 Å². The van der Waals surface area contributed by atoms with Crippen molar-refractivity contribution in [2.75, 3.05) is 6.54 Å². The second-order valence-electron chi connectivity index (χ2n) is 4.17. The van der Waals surface area contributed by atoms with E-state index in [1.54, 1.807) is 6.07 Å². The second-order valence-corrected chi connectivity index (χ2v) is 5.90. The normalized spacial score (nSPS) is 10.6. The molecule has 0 spiro atoms. The van der Waals surface area contributed by atoms with Crippen LogP contribution in [0, 0.1) is 0 Å². The van der Waals surface area contributed by atoms with Gasteiger partial charge in [0.05, 0.1) is 5.02 Å². The summed E-state index contributed by atoms with van der Waals surface area (Å²) in [4.78, 5) is 0. The van der Waals surface area contributed by atoms with Crippen molar-refractivity contribution in [3.63, 3.8) is 0 Å². The third-order valence-electron chi connectivity index (χ3n) is 2.74. The van der Waals surface area contributed by atoms with Gasteiger partial charge in [-0.15, -0.1) is 0 Å². The monoisotopic (exact) mass is 373 g/mol. The van der Waals surface area contributed by atoms with Gasteiger partial charge in [-0.25, -0.2) is 0 Å². The predicted octanol–water partition coefficient (Wildman–Crippen LogP) is 5.66. The molecule has 106 valence electrons. The van der Waals surface area contributed by atoms with Crippen LogP contribution in [0.3, 0.4) is 0 Å². The summed E-state index contributed by atoms with van der Waals surface area (Å²) in [5.74, 6) is 1.32. The summed E-state index contributed by atoms with van der Waals surface area (Å²) in [6.07, 6.45) is 0. The number of rotatable bonds is 5. The fourth-order valence-electron chi connectivity index (χ4n) is 1.73. The molecule has 0 aromatic heterocycles. The lowest BCUT2D eigenvalue weighted by atomic mass is 10.2. The molecule has 0 unspecified atom stereocenters. The van der Waals surface area contributed by atoms with Crippen LogP contribution in [0.5, 0.6) is 11.5 Å². The second kappa shape index (κ2) is 7.32. The highest BCUT2D eigenvalue weighted by Gasteiger charge is 2.10. The van der Waals surface area contributed by atoms with Gasteiger partial charge >= 0.3 is 0 Å². The first kappa shape index (κ1) is 15.6. The van der Waals surface area contributed by atoms with Crippen molar-refractivity contribution in [2.24, 2.45) is 0 Å². The van der Waals surface area contributed by atoms with Gasteiger partial charge in [-0.05, 0) is 36.9 Å². The fourth-order valence-corrected chi connectivity index (χ4v) is 2.68. The molecule has 0 amide bonds. The van der Waals surface area contributed by atoms with E-state index >= 15 is 0 Å². The zero-order valence-corrected chi connectivity index (χ0v) is 14.0. The van der Waals surface area contributed by atoms with Crippen molar-refractivity contribution < 1.29 is 4.74 Å². The van der Waals surface area contributed by atoms with Crippen LogP contribution < -0.4 is 10.1 Å². The van der Waals surface area contributed by atoms with E-state index in [1.165, 1.54) is 0 Å². The topological polar surface area (TPSA) is 21.3 Å². The van der Waals surface area contributed by atoms with Crippen LogP contribution in [0.1, 0.15) is 12.5 Å². The molecule has 0 fully saturated rings. The zero-order valence-electron chi connectivity index (χ0n) is 10.9. The molecule has 0 heterocycles. The quantitative estimate of drug-likeness (QED) is 0.729. The van der Waals surface area contributed by atoms with E-state index in [0.29, 0.717) is 28.1 Å². The van der Waals surface area contributed by atoms with Gasteiger partial charge in [0.15, 0.2) is 0 Å². The minimum atomic E-state index is 0.550. The average Bonchev–Trinajstić information content (AvgIpc) is 2.41. The summed E-state index contributed by atoms with van der Waals surface area (Å²) in [5.41, 5.74) is 0.926. The number of benzene rings is 2. The third-order valence-corrected chi connectivity index (χ3v) is 3.88. The van der Waals surface area contributed by atoms with Crippen molar-refractivity contribution in [2.45, 2.75) is 13.5 Å². The molecule has 0 saturated carbocycles. The van der Waals surface area contributed by atoms with Gasteiger partial charge in [0.25, 0.3) is 0 Å². The van der Waals surface area contributed by atoms with Crippen molar-refractivity contribution in [3.8, 4) is 11.5 Å². The minimum Gasteiger partial charge on any atom is -0.455 e. The van der Waals surface area contributed by atoms with Crippen LogP contribution in [0.25, 0.3) is 0 Å². The van der Waals surface area contributed by atoms with Crippen molar-refractivity contribution >= 4 is 39.1 Å². The first-order chi connectivity index (χ1) is 9.61. The van der Waals surface area contributed by atoms with Gasteiger partial charge < -0.3 is 10.1 Å². The predicted molar refractivity (Wildman–Crippen MR) is 88.1 cm³/mol. The highest BCUT2D eigenvalue weighted by Crippen LogP contribution is 2.35. The highest BCUT2D eigenvalue weighted by molar-refractivity contribution is 9.10. The molecule has 0 bridgehead atoms. The summed E-state index contributed by atoms with van der Waals surface area (Å²) < 4.78 is 6.81. The Morgan fingerprint density at radius 3 is 2.60 bits per heavy atom. The third kappa shape index (κ3) is 3.89. The summed E-state index contributed by atoms with van der Waals surface area (Å²) in [6, 6.07) is 11.1. The Labute approximate surface area is 137 Å². The average molecular weight is 375 g/mol. The standard InChI is InChI=1S/C15H14BrCl2NO/c1-2-19-9-11-12(17)4-3-5-14(11)20-15-7-6-10(16)8-13(15)18/h3-8,19H,2,9H2,1H3. The largest absolute Gasteiger partial charge is 0.455 e. The van der Waals surface area contributed by atoms with Gasteiger partial charge in [0.2, 0.25) is 0 Å². The SMILES string of the molecule is CCNCc1c(Cl)cccc1Oc1ccc(Br)cc1Cl. The molecule has 0 radical (unpaired) electrons. The summed E-state index contributed by atoms with van der Waals surface area (Å²) in [6.45, 7) is 3.56. The molecule has 0 aliphatic rings. The van der Waals surface area contributed by atoms with E-state index in [4.69, 9.17) is 27.9 Å². The minimum absolute atomic E-state index is 0.550. The lowest BCUT2D eigenvalue weighted by Crippen LogP contribution is -2.12. The van der Waals surface area contributed by atoms with Gasteiger partial charge in [-0.1, -0.05) is 52.1 Å². The Hall–Kier alpha value is -0.740. The maximum atomic E-state index is 6.24. The van der Waals surface area contributed by atoms with Crippen LogP contribution in [0.15, 0.2) is 40.9 Å². The molecule has 2 rings (SSSR count). The first-order valence-corrected chi connectivity index (χ1v) is 7.77. The van der Waals surface area contributed by atoms with Gasteiger partial charge in [0.1, 0.15) is 11.5 Å².